The maximum Gasteiger partial charge on any atom is 0.328 e. The minimum Gasteiger partial charge on any atom is -0.478 e. The first-order chi connectivity index (χ1) is 12.5. The lowest BCUT2D eigenvalue weighted by Gasteiger charge is -1.95. The highest BCUT2D eigenvalue weighted by atomic mass is 16.4. The Hall–Kier alpha value is -2.96. The molecule has 2 aromatic carbocycles. The summed E-state index contributed by atoms with van der Waals surface area (Å²) in [5, 5.41) is 21.8. The lowest BCUT2D eigenvalue weighted by molar-refractivity contribution is -0.134. The Morgan fingerprint density at radius 2 is 1.04 bits per heavy atom. The molecule has 0 amide bonds. The lowest BCUT2D eigenvalue weighted by Crippen LogP contribution is -2.04. The number of nitrogens with one attached hydrogen (secondary N) is 2. The Bertz CT molecular complexity index is 586. The van der Waals surface area contributed by atoms with Crippen molar-refractivity contribution in [1.82, 2.24) is 10.6 Å². The molecule has 0 unspecified atom stereocenters. The molecule has 0 aliphatic rings. The zero-order chi connectivity index (χ0) is 19.6. The van der Waals surface area contributed by atoms with Crippen LogP contribution in [0.1, 0.15) is 11.1 Å². The topological polar surface area (TPSA) is 98.7 Å². The quantitative estimate of drug-likeness (QED) is 0.592. The molecule has 0 aliphatic heterocycles. The summed E-state index contributed by atoms with van der Waals surface area (Å²) in [7, 11) is 3.90. The highest BCUT2D eigenvalue weighted by Gasteiger charge is 1.88. The fourth-order valence-electron chi connectivity index (χ4n) is 1.74. The first kappa shape index (κ1) is 23.0. The van der Waals surface area contributed by atoms with Crippen LogP contribution in [0.2, 0.25) is 0 Å². The van der Waals surface area contributed by atoms with Crippen molar-refractivity contribution in [3.63, 3.8) is 0 Å². The number of hydrogen-bond acceptors (Lipinski definition) is 4. The molecule has 26 heavy (non-hydrogen) atoms. The van der Waals surface area contributed by atoms with Gasteiger partial charge in [-0.1, -0.05) is 60.7 Å². The SMILES string of the molecule is CNCc1ccccc1.CNCc1ccccc1.O=C(O)/C=C\C(=O)O. The van der Waals surface area contributed by atoms with Gasteiger partial charge in [-0.3, -0.25) is 0 Å². The van der Waals surface area contributed by atoms with Crippen LogP contribution in [0.3, 0.4) is 0 Å². The van der Waals surface area contributed by atoms with E-state index in [0.29, 0.717) is 12.2 Å². The largest absolute Gasteiger partial charge is 0.478 e. The maximum atomic E-state index is 9.55. The van der Waals surface area contributed by atoms with Crippen LogP contribution in [0.5, 0.6) is 0 Å². The molecular weight excluding hydrogens is 332 g/mol. The molecule has 0 saturated heterocycles. The first-order valence-corrected chi connectivity index (χ1v) is 8.00. The third-order valence-electron chi connectivity index (χ3n) is 2.82. The zero-order valence-corrected chi connectivity index (χ0v) is 15.1. The van der Waals surface area contributed by atoms with Gasteiger partial charge in [-0.05, 0) is 25.2 Å². The molecule has 2 aromatic rings. The fraction of sp³-hybridized carbons (Fsp3) is 0.200. The minimum atomic E-state index is -1.26. The van der Waals surface area contributed by atoms with Crippen molar-refractivity contribution < 1.29 is 19.8 Å². The van der Waals surface area contributed by atoms with Gasteiger partial charge < -0.3 is 20.8 Å². The summed E-state index contributed by atoms with van der Waals surface area (Å²) in [5.41, 5.74) is 2.67. The van der Waals surface area contributed by atoms with Crippen molar-refractivity contribution >= 4 is 11.9 Å². The van der Waals surface area contributed by atoms with Crippen molar-refractivity contribution in [2.75, 3.05) is 14.1 Å². The minimum absolute atomic E-state index is 0.558. The van der Waals surface area contributed by atoms with E-state index in [1.807, 2.05) is 50.5 Å². The van der Waals surface area contributed by atoms with E-state index in [-0.39, 0.29) is 0 Å². The van der Waals surface area contributed by atoms with E-state index in [1.54, 1.807) is 0 Å². The second kappa shape index (κ2) is 15.6. The van der Waals surface area contributed by atoms with Crippen LogP contribution in [-0.4, -0.2) is 36.2 Å². The third-order valence-corrected chi connectivity index (χ3v) is 2.82. The van der Waals surface area contributed by atoms with Crippen LogP contribution in [0.4, 0.5) is 0 Å². The second-order valence-corrected chi connectivity index (χ2v) is 5.04. The zero-order valence-electron chi connectivity index (χ0n) is 15.1. The van der Waals surface area contributed by atoms with Crippen LogP contribution < -0.4 is 10.6 Å². The molecule has 0 saturated carbocycles. The standard InChI is InChI=1S/2C8H11N.C4H4O4/c2*1-9-7-8-5-3-2-4-6-8;5-3(6)1-2-4(7)8/h2*2-6,9H,7H2,1H3;1-2H,(H,5,6)(H,7,8)/b;;2-1-. The molecule has 2 rings (SSSR count). The average Bonchev–Trinajstić information content (AvgIpc) is 2.63. The molecular formula is C20H26N2O4. The number of carboxylic acid groups (broad SMARTS) is 2. The Balaban J connectivity index is 0.000000362. The summed E-state index contributed by atoms with van der Waals surface area (Å²) < 4.78 is 0. The Labute approximate surface area is 154 Å². The van der Waals surface area contributed by atoms with Crippen molar-refractivity contribution in [3.8, 4) is 0 Å². The molecule has 6 nitrogen and oxygen atoms in total. The smallest absolute Gasteiger partial charge is 0.328 e. The van der Waals surface area contributed by atoms with Gasteiger partial charge in [0.15, 0.2) is 0 Å². The number of carboxylic acids is 2. The highest BCUT2D eigenvalue weighted by Crippen LogP contribution is 1.96. The van der Waals surface area contributed by atoms with Gasteiger partial charge in [0.25, 0.3) is 0 Å². The molecule has 0 radical (unpaired) electrons. The van der Waals surface area contributed by atoms with Gasteiger partial charge in [0.1, 0.15) is 0 Å². The molecule has 0 bridgehead atoms. The molecule has 6 heteroatoms. The molecule has 0 aromatic heterocycles. The van der Waals surface area contributed by atoms with Crippen molar-refractivity contribution in [2.45, 2.75) is 13.1 Å². The molecule has 0 atom stereocenters. The summed E-state index contributed by atoms with van der Waals surface area (Å²) in [4.78, 5) is 19.1. The third kappa shape index (κ3) is 14.6. The predicted octanol–water partition coefficient (Wildman–Crippen LogP) is 2.52. The van der Waals surface area contributed by atoms with Gasteiger partial charge in [0.05, 0.1) is 0 Å². The Morgan fingerprint density at radius 1 is 0.731 bits per heavy atom. The number of hydrogen-bond donors (Lipinski definition) is 4. The lowest BCUT2D eigenvalue weighted by atomic mass is 10.2. The number of benzene rings is 2. The predicted molar refractivity (Wildman–Crippen MR) is 103 cm³/mol. The van der Waals surface area contributed by atoms with Gasteiger partial charge in [-0.25, -0.2) is 9.59 Å². The summed E-state index contributed by atoms with van der Waals surface area (Å²) in [6, 6.07) is 20.7. The van der Waals surface area contributed by atoms with Crippen molar-refractivity contribution in [2.24, 2.45) is 0 Å². The average molecular weight is 358 g/mol. The Morgan fingerprint density at radius 3 is 1.27 bits per heavy atom. The van der Waals surface area contributed by atoms with Crippen LogP contribution >= 0.6 is 0 Å². The molecule has 0 aliphatic carbocycles. The van der Waals surface area contributed by atoms with Gasteiger partial charge in [-0.15, -0.1) is 0 Å². The van der Waals surface area contributed by atoms with E-state index in [4.69, 9.17) is 10.2 Å². The van der Waals surface area contributed by atoms with E-state index in [1.165, 1.54) is 11.1 Å². The summed E-state index contributed by atoms with van der Waals surface area (Å²) >= 11 is 0. The van der Waals surface area contributed by atoms with E-state index < -0.39 is 11.9 Å². The van der Waals surface area contributed by atoms with E-state index in [2.05, 4.69) is 34.9 Å². The fourth-order valence-corrected chi connectivity index (χ4v) is 1.74. The van der Waals surface area contributed by atoms with Gasteiger partial charge in [-0.2, -0.15) is 0 Å². The monoisotopic (exact) mass is 358 g/mol. The van der Waals surface area contributed by atoms with Gasteiger partial charge in [0, 0.05) is 25.2 Å². The van der Waals surface area contributed by atoms with E-state index in [0.717, 1.165) is 13.1 Å². The van der Waals surface area contributed by atoms with Crippen LogP contribution in [0, 0.1) is 0 Å². The number of carbonyl (C=O) groups is 2. The van der Waals surface area contributed by atoms with Crippen LogP contribution in [0.25, 0.3) is 0 Å². The van der Waals surface area contributed by atoms with Crippen LogP contribution in [0.15, 0.2) is 72.8 Å². The van der Waals surface area contributed by atoms with E-state index >= 15 is 0 Å². The Kier molecular flexibility index (Phi) is 13.8. The van der Waals surface area contributed by atoms with Gasteiger partial charge >= 0.3 is 11.9 Å². The molecule has 0 fully saturated rings. The highest BCUT2D eigenvalue weighted by molar-refractivity contribution is 5.89. The van der Waals surface area contributed by atoms with Crippen molar-refractivity contribution in [3.05, 3.63) is 83.9 Å². The molecule has 140 valence electrons. The summed E-state index contributed by atoms with van der Waals surface area (Å²) in [6.07, 6.45) is 1.12. The maximum absolute atomic E-state index is 9.55. The molecule has 0 heterocycles. The summed E-state index contributed by atoms with van der Waals surface area (Å²) in [6.45, 7) is 1.92. The first-order valence-electron chi connectivity index (χ1n) is 8.00. The van der Waals surface area contributed by atoms with E-state index in [9.17, 15) is 9.59 Å². The summed E-state index contributed by atoms with van der Waals surface area (Å²) in [5.74, 6) is -2.51. The second-order valence-electron chi connectivity index (χ2n) is 5.04. The number of aliphatic carboxylic acids is 2. The molecule has 4 N–H and O–H groups in total. The number of rotatable bonds is 6. The normalized spacial score (nSPS) is 9.46. The van der Waals surface area contributed by atoms with Gasteiger partial charge in [0.2, 0.25) is 0 Å². The van der Waals surface area contributed by atoms with Crippen molar-refractivity contribution in [1.29, 1.82) is 0 Å². The van der Waals surface area contributed by atoms with Crippen LogP contribution in [-0.2, 0) is 22.7 Å². The molecule has 0 spiro atoms.